The van der Waals surface area contributed by atoms with Crippen molar-refractivity contribution < 1.29 is 9.53 Å². The normalized spacial score (nSPS) is 10.8. The summed E-state index contributed by atoms with van der Waals surface area (Å²) in [6.45, 7) is 2.55. The molecule has 6 nitrogen and oxygen atoms in total. The Morgan fingerprint density at radius 2 is 2.07 bits per heavy atom. The van der Waals surface area contributed by atoms with Gasteiger partial charge < -0.3 is 10.1 Å². The van der Waals surface area contributed by atoms with Crippen LogP contribution in [0.15, 0.2) is 56.9 Å². The van der Waals surface area contributed by atoms with E-state index in [1.807, 2.05) is 25.1 Å². The number of nitrogens with one attached hydrogen (secondary N) is 1. The fourth-order valence-electron chi connectivity index (χ4n) is 2.77. The van der Waals surface area contributed by atoms with Gasteiger partial charge in [-0.2, -0.15) is 0 Å². The van der Waals surface area contributed by atoms with E-state index in [-0.39, 0.29) is 17.2 Å². The highest BCUT2D eigenvalue weighted by atomic mass is 79.9. The summed E-state index contributed by atoms with van der Waals surface area (Å²) in [6, 6.07) is 12.7. The van der Waals surface area contributed by atoms with E-state index in [0.29, 0.717) is 34.0 Å². The second kappa shape index (κ2) is 9.25. The van der Waals surface area contributed by atoms with Crippen LogP contribution in [0.25, 0.3) is 10.9 Å². The van der Waals surface area contributed by atoms with Gasteiger partial charge in [0, 0.05) is 11.0 Å². The standard InChI is InChI=1S/C20H20BrN3O3S/c1-3-10-24-19(26)14-11-13(21)8-9-15(14)23-20(24)28-12-18(25)22-16-6-4-5-7-17(16)27-2/h4-9,11H,3,10,12H2,1-2H3,(H,22,25). The number of carbonyl (C=O) groups is 1. The highest BCUT2D eigenvalue weighted by molar-refractivity contribution is 9.10. The fraction of sp³-hybridized carbons (Fsp3) is 0.250. The first-order valence-corrected chi connectivity index (χ1v) is 10.6. The van der Waals surface area contributed by atoms with Crippen molar-refractivity contribution in [2.75, 3.05) is 18.2 Å². The zero-order valence-electron chi connectivity index (χ0n) is 15.6. The zero-order chi connectivity index (χ0) is 20.1. The number of carbonyl (C=O) groups excluding carboxylic acids is 1. The third kappa shape index (κ3) is 4.56. The van der Waals surface area contributed by atoms with E-state index < -0.39 is 0 Å². The molecule has 3 rings (SSSR count). The van der Waals surface area contributed by atoms with E-state index in [1.54, 1.807) is 35.9 Å². The number of nitrogens with zero attached hydrogens (tertiary/aromatic N) is 2. The van der Waals surface area contributed by atoms with Gasteiger partial charge in [-0.1, -0.05) is 46.7 Å². The zero-order valence-corrected chi connectivity index (χ0v) is 18.0. The van der Waals surface area contributed by atoms with Crippen LogP contribution in [0.3, 0.4) is 0 Å². The van der Waals surface area contributed by atoms with Crippen LogP contribution >= 0.6 is 27.7 Å². The minimum Gasteiger partial charge on any atom is -0.495 e. The minimum absolute atomic E-state index is 0.0965. The molecule has 0 radical (unpaired) electrons. The van der Waals surface area contributed by atoms with Crippen molar-refractivity contribution in [3.05, 3.63) is 57.3 Å². The van der Waals surface area contributed by atoms with E-state index in [0.717, 1.165) is 10.9 Å². The van der Waals surface area contributed by atoms with Crippen LogP contribution in [-0.4, -0.2) is 28.3 Å². The molecule has 0 saturated carbocycles. The topological polar surface area (TPSA) is 73.2 Å². The smallest absolute Gasteiger partial charge is 0.262 e. The number of para-hydroxylation sites is 2. The molecule has 146 valence electrons. The first-order chi connectivity index (χ1) is 13.5. The van der Waals surface area contributed by atoms with Gasteiger partial charge in [0.25, 0.3) is 5.56 Å². The summed E-state index contributed by atoms with van der Waals surface area (Å²) in [7, 11) is 1.56. The van der Waals surface area contributed by atoms with Crippen molar-refractivity contribution >= 4 is 50.2 Å². The van der Waals surface area contributed by atoms with Crippen LogP contribution in [0, 0.1) is 0 Å². The third-order valence-electron chi connectivity index (χ3n) is 4.04. The van der Waals surface area contributed by atoms with Crippen molar-refractivity contribution in [1.29, 1.82) is 0 Å². The van der Waals surface area contributed by atoms with E-state index >= 15 is 0 Å². The van der Waals surface area contributed by atoms with Gasteiger partial charge in [0.15, 0.2) is 5.16 Å². The number of anilines is 1. The van der Waals surface area contributed by atoms with Crippen LogP contribution in [-0.2, 0) is 11.3 Å². The number of fused-ring (bicyclic) bond motifs is 1. The predicted molar refractivity (Wildman–Crippen MR) is 116 cm³/mol. The molecule has 0 atom stereocenters. The van der Waals surface area contributed by atoms with Crippen molar-refractivity contribution in [1.82, 2.24) is 9.55 Å². The second-order valence-corrected chi connectivity index (χ2v) is 7.91. The number of methoxy groups -OCH3 is 1. The lowest BCUT2D eigenvalue weighted by Crippen LogP contribution is -2.24. The Kier molecular flexibility index (Phi) is 6.74. The third-order valence-corrected chi connectivity index (χ3v) is 5.51. The second-order valence-electron chi connectivity index (χ2n) is 6.05. The maximum atomic E-state index is 12.9. The quantitative estimate of drug-likeness (QED) is 0.419. The summed E-state index contributed by atoms with van der Waals surface area (Å²) < 4.78 is 7.72. The Morgan fingerprint density at radius 3 is 2.82 bits per heavy atom. The molecule has 28 heavy (non-hydrogen) atoms. The molecule has 0 bridgehead atoms. The summed E-state index contributed by atoms with van der Waals surface area (Å²) in [5, 5.41) is 3.94. The molecule has 3 aromatic rings. The predicted octanol–water partition coefficient (Wildman–Crippen LogP) is 4.31. The molecule has 8 heteroatoms. The molecule has 0 unspecified atom stereocenters. The molecular formula is C20H20BrN3O3S. The van der Waals surface area contributed by atoms with Crippen molar-refractivity contribution in [3.63, 3.8) is 0 Å². The van der Waals surface area contributed by atoms with Gasteiger partial charge in [0.1, 0.15) is 5.75 Å². The summed E-state index contributed by atoms with van der Waals surface area (Å²) >= 11 is 4.65. The van der Waals surface area contributed by atoms with Crippen LogP contribution in [0.5, 0.6) is 5.75 Å². The van der Waals surface area contributed by atoms with Gasteiger partial charge in [0.05, 0.1) is 29.5 Å². The van der Waals surface area contributed by atoms with Gasteiger partial charge >= 0.3 is 0 Å². The number of amides is 1. The number of thioether (sulfide) groups is 1. The molecule has 0 aliphatic carbocycles. The Bertz CT molecular complexity index is 1070. The Labute approximate surface area is 175 Å². The number of benzene rings is 2. The average molecular weight is 462 g/mol. The molecule has 1 N–H and O–H groups in total. The largest absolute Gasteiger partial charge is 0.495 e. The minimum atomic E-state index is -0.192. The first-order valence-electron chi connectivity index (χ1n) is 8.79. The number of ether oxygens (including phenoxy) is 1. The van der Waals surface area contributed by atoms with Crippen molar-refractivity contribution in [2.24, 2.45) is 0 Å². The average Bonchev–Trinajstić information content (AvgIpc) is 2.70. The van der Waals surface area contributed by atoms with Gasteiger partial charge in [-0.15, -0.1) is 0 Å². The molecule has 0 fully saturated rings. The van der Waals surface area contributed by atoms with Gasteiger partial charge in [0.2, 0.25) is 5.91 Å². The summed E-state index contributed by atoms with van der Waals surface area (Å²) in [5.41, 5.74) is 1.13. The lowest BCUT2D eigenvalue weighted by atomic mass is 10.2. The molecule has 2 aromatic carbocycles. The molecule has 0 spiro atoms. The molecule has 1 heterocycles. The van der Waals surface area contributed by atoms with Crippen LogP contribution < -0.4 is 15.6 Å². The highest BCUT2D eigenvalue weighted by Gasteiger charge is 2.14. The summed E-state index contributed by atoms with van der Waals surface area (Å²) in [6.07, 6.45) is 0.794. The van der Waals surface area contributed by atoms with Gasteiger partial charge in [-0.3, -0.25) is 14.2 Å². The number of aromatic nitrogens is 2. The maximum absolute atomic E-state index is 12.9. The molecule has 1 aromatic heterocycles. The van der Waals surface area contributed by atoms with Crippen molar-refractivity contribution in [3.8, 4) is 5.75 Å². The van der Waals surface area contributed by atoms with E-state index in [9.17, 15) is 9.59 Å². The lowest BCUT2D eigenvalue weighted by molar-refractivity contribution is -0.113. The number of hydrogen-bond donors (Lipinski definition) is 1. The monoisotopic (exact) mass is 461 g/mol. The van der Waals surface area contributed by atoms with E-state index in [2.05, 4.69) is 26.2 Å². The number of rotatable bonds is 7. The van der Waals surface area contributed by atoms with Crippen LogP contribution in [0.2, 0.25) is 0 Å². The first kappa shape index (κ1) is 20.4. The SMILES string of the molecule is CCCn1c(SCC(=O)Nc2ccccc2OC)nc2ccc(Br)cc2c1=O. The fourth-order valence-corrected chi connectivity index (χ4v) is 3.95. The summed E-state index contributed by atoms with van der Waals surface area (Å²) in [4.78, 5) is 29.9. The highest BCUT2D eigenvalue weighted by Crippen LogP contribution is 2.24. The molecule has 0 aliphatic rings. The molecule has 1 amide bonds. The van der Waals surface area contributed by atoms with E-state index in [1.165, 1.54) is 11.8 Å². The van der Waals surface area contributed by atoms with Gasteiger partial charge in [-0.05, 0) is 36.8 Å². The maximum Gasteiger partial charge on any atom is 0.262 e. The molecule has 0 saturated heterocycles. The van der Waals surface area contributed by atoms with Gasteiger partial charge in [-0.25, -0.2) is 4.98 Å². The molecular weight excluding hydrogens is 442 g/mol. The number of hydrogen-bond acceptors (Lipinski definition) is 5. The Morgan fingerprint density at radius 1 is 1.29 bits per heavy atom. The van der Waals surface area contributed by atoms with Crippen LogP contribution in [0.1, 0.15) is 13.3 Å². The Balaban J connectivity index is 1.83. The van der Waals surface area contributed by atoms with Crippen molar-refractivity contribution in [2.45, 2.75) is 25.0 Å². The van der Waals surface area contributed by atoms with E-state index in [4.69, 9.17) is 4.74 Å². The summed E-state index contributed by atoms with van der Waals surface area (Å²) in [5.74, 6) is 0.539. The Hall–Kier alpha value is -2.32. The number of halogens is 1. The molecule has 0 aliphatic heterocycles. The lowest BCUT2D eigenvalue weighted by Gasteiger charge is -2.13. The van der Waals surface area contributed by atoms with Crippen LogP contribution in [0.4, 0.5) is 5.69 Å².